The van der Waals surface area contributed by atoms with Gasteiger partial charge in [-0.15, -0.1) is 12.0 Å². The fourth-order valence-electron chi connectivity index (χ4n) is 2.34. The van der Waals surface area contributed by atoms with Gasteiger partial charge in [0.15, 0.2) is 0 Å². The van der Waals surface area contributed by atoms with Gasteiger partial charge in [0.05, 0.1) is 0 Å². The molecule has 111 valence electrons. The molecule has 2 aliphatic carbocycles. The average molecular weight is 424 g/mol. The molecular formula is C18H17Cl2SiZr. The van der Waals surface area contributed by atoms with Gasteiger partial charge in [0.2, 0.25) is 0 Å². The number of allylic oxidation sites excluding steroid dienone is 4. The van der Waals surface area contributed by atoms with E-state index in [9.17, 15) is 0 Å². The monoisotopic (exact) mass is 421 g/mol. The molecule has 2 aliphatic rings. The Labute approximate surface area is 169 Å². The van der Waals surface area contributed by atoms with E-state index in [1.807, 2.05) is 18.2 Å². The minimum Gasteiger partial charge on any atom is -1.00 e. The number of benzene rings is 2. The summed E-state index contributed by atoms with van der Waals surface area (Å²) in [5.74, 6) is 0. The van der Waals surface area contributed by atoms with Crippen molar-refractivity contribution in [1.29, 1.82) is 0 Å². The van der Waals surface area contributed by atoms with Crippen LogP contribution in [0.15, 0.2) is 60.7 Å². The Morgan fingerprint density at radius 3 is 2.27 bits per heavy atom. The largest absolute Gasteiger partial charge is 4.00 e. The van der Waals surface area contributed by atoms with Gasteiger partial charge in [-0.3, -0.25) is 6.08 Å². The fourth-order valence-corrected chi connectivity index (χ4v) is 2.34. The van der Waals surface area contributed by atoms with Crippen molar-refractivity contribution in [1.82, 2.24) is 0 Å². The van der Waals surface area contributed by atoms with E-state index in [0.29, 0.717) is 0 Å². The molecule has 4 rings (SSSR count). The Kier molecular flexibility index (Phi) is 13.1. The van der Waals surface area contributed by atoms with Crippen molar-refractivity contribution in [3.05, 3.63) is 84.0 Å². The second kappa shape index (κ2) is 12.1. The van der Waals surface area contributed by atoms with Crippen LogP contribution in [0.5, 0.6) is 0 Å². The first-order chi connectivity index (χ1) is 8.95. The summed E-state index contributed by atoms with van der Waals surface area (Å²) in [6, 6.07) is 18.1. The number of fused-ring (bicyclic) bond motifs is 3. The van der Waals surface area contributed by atoms with Crippen molar-refractivity contribution < 1.29 is 51.0 Å². The first-order valence-electron chi connectivity index (χ1n) is 6.25. The van der Waals surface area contributed by atoms with Gasteiger partial charge in [-0.25, -0.2) is 12.2 Å². The van der Waals surface area contributed by atoms with E-state index < -0.39 is 0 Å². The Morgan fingerprint density at radius 2 is 1.64 bits per heavy atom. The molecule has 0 amide bonds. The molecule has 0 aliphatic heterocycles. The Morgan fingerprint density at radius 1 is 0.909 bits per heavy atom. The van der Waals surface area contributed by atoms with E-state index >= 15 is 0 Å². The van der Waals surface area contributed by atoms with E-state index in [1.54, 1.807) is 0 Å². The van der Waals surface area contributed by atoms with Crippen LogP contribution >= 0.6 is 0 Å². The molecule has 0 N–H and O–H groups in total. The molecule has 4 heteroatoms. The zero-order chi connectivity index (χ0) is 12.2. The van der Waals surface area contributed by atoms with Crippen LogP contribution in [0.1, 0.15) is 17.5 Å². The molecule has 0 saturated heterocycles. The van der Waals surface area contributed by atoms with Crippen LogP contribution in [0.3, 0.4) is 0 Å². The Hall–Kier alpha value is -0.400. The first-order valence-corrected chi connectivity index (χ1v) is 6.25. The number of halogens is 2. The van der Waals surface area contributed by atoms with Gasteiger partial charge in [0.25, 0.3) is 0 Å². The van der Waals surface area contributed by atoms with Gasteiger partial charge in [-0.05, 0) is 17.4 Å². The van der Waals surface area contributed by atoms with Crippen molar-refractivity contribution in [2.75, 3.05) is 0 Å². The number of hydrogen-bond acceptors (Lipinski definition) is 0. The minimum atomic E-state index is 0. The third-order valence-corrected chi connectivity index (χ3v) is 3.20. The summed E-state index contributed by atoms with van der Waals surface area (Å²) < 4.78 is 0. The van der Waals surface area contributed by atoms with Gasteiger partial charge >= 0.3 is 26.2 Å². The molecule has 2 aromatic rings. The maximum absolute atomic E-state index is 3.30. The molecule has 0 aromatic heterocycles. The molecule has 0 atom stereocenters. The zero-order valence-corrected chi connectivity index (χ0v) is 18.4. The van der Waals surface area contributed by atoms with Gasteiger partial charge in [-0.2, -0.15) is 35.9 Å². The maximum Gasteiger partial charge on any atom is 4.00 e. The van der Waals surface area contributed by atoms with Crippen LogP contribution in [-0.4, -0.2) is 11.0 Å². The first kappa shape index (κ1) is 23.9. The Balaban J connectivity index is 0. The summed E-state index contributed by atoms with van der Waals surface area (Å²) in [6.45, 7) is 0. The minimum absolute atomic E-state index is 0. The molecule has 0 unspecified atom stereocenters. The molecule has 0 fully saturated rings. The topological polar surface area (TPSA) is 0 Å². The smallest absolute Gasteiger partial charge is 1.00 e. The van der Waals surface area contributed by atoms with E-state index in [0.717, 1.165) is 12.8 Å². The van der Waals surface area contributed by atoms with Crippen LogP contribution in [0.2, 0.25) is 0 Å². The predicted octanol–water partition coefficient (Wildman–Crippen LogP) is -2.81. The molecule has 1 radical (unpaired) electrons. The van der Waals surface area contributed by atoms with Crippen LogP contribution in [0.25, 0.3) is 11.1 Å². The SMILES string of the molecule is [C-]1=CC=CC1.[Cl-].[Cl-].[SiH3].[Zr+4].[c-]1cccc2c1Cc1ccccc1-2. The summed E-state index contributed by atoms with van der Waals surface area (Å²) >= 11 is 0. The van der Waals surface area contributed by atoms with Gasteiger partial charge in [-0.1, -0.05) is 35.4 Å². The number of hydrogen-bond donors (Lipinski definition) is 0. The summed E-state index contributed by atoms with van der Waals surface area (Å²) in [5, 5.41) is 0. The van der Waals surface area contributed by atoms with E-state index in [1.165, 1.54) is 22.3 Å². The third kappa shape index (κ3) is 5.66. The fraction of sp³-hybridized carbons (Fsp3) is 0.111. The summed E-state index contributed by atoms with van der Waals surface area (Å²) in [4.78, 5) is 0. The molecule has 22 heavy (non-hydrogen) atoms. The molecule has 0 nitrogen and oxygen atoms in total. The van der Waals surface area contributed by atoms with Crippen LogP contribution in [0.4, 0.5) is 0 Å². The average Bonchev–Trinajstić information content (AvgIpc) is 3.10. The molecule has 0 bridgehead atoms. The van der Waals surface area contributed by atoms with Gasteiger partial charge in [0.1, 0.15) is 0 Å². The third-order valence-electron chi connectivity index (χ3n) is 3.20. The second-order valence-electron chi connectivity index (χ2n) is 4.40. The van der Waals surface area contributed by atoms with Crippen molar-refractivity contribution >= 4 is 11.0 Å². The molecule has 2 aromatic carbocycles. The van der Waals surface area contributed by atoms with Gasteiger partial charge in [0, 0.05) is 0 Å². The molecule has 0 heterocycles. The quantitative estimate of drug-likeness (QED) is 0.271. The van der Waals surface area contributed by atoms with Crippen molar-refractivity contribution in [2.24, 2.45) is 0 Å². The summed E-state index contributed by atoms with van der Waals surface area (Å²) in [7, 11) is 0. The van der Waals surface area contributed by atoms with E-state index in [4.69, 9.17) is 0 Å². The van der Waals surface area contributed by atoms with Crippen molar-refractivity contribution in [3.8, 4) is 11.1 Å². The van der Waals surface area contributed by atoms with E-state index in [2.05, 4.69) is 54.6 Å². The maximum atomic E-state index is 3.30. The molecule has 0 saturated carbocycles. The standard InChI is InChI=1S/C13H9.C5H5.2ClH.H3Si.Zr/c1-3-7-12-10(5-1)9-11-6-2-4-8-13(11)12;1-2-4-5-3-1;;;;/h1-5,7-8H,9H2;1-3H,4H2;2*1H;1H3;/q2*-1;;;;+4/p-2. The zero-order valence-electron chi connectivity index (χ0n) is 12.4. The summed E-state index contributed by atoms with van der Waals surface area (Å²) in [5.41, 5.74) is 5.51. The molecular weight excluding hydrogens is 406 g/mol. The van der Waals surface area contributed by atoms with Crippen LogP contribution in [-0.2, 0) is 32.6 Å². The second-order valence-corrected chi connectivity index (χ2v) is 4.40. The summed E-state index contributed by atoms with van der Waals surface area (Å²) in [6.07, 6.45) is 11.0. The predicted molar refractivity (Wildman–Crippen MR) is 85.0 cm³/mol. The van der Waals surface area contributed by atoms with Gasteiger partial charge < -0.3 is 24.8 Å². The van der Waals surface area contributed by atoms with Crippen molar-refractivity contribution in [2.45, 2.75) is 12.8 Å². The molecule has 0 spiro atoms. The van der Waals surface area contributed by atoms with Crippen LogP contribution < -0.4 is 24.8 Å². The Bertz CT molecular complexity index is 570. The van der Waals surface area contributed by atoms with Crippen LogP contribution in [0, 0.1) is 12.1 Å². The number of rotatable bonds is 0. The normalized spacial score (nSPS) is 11.3. The van der Waals surface area contributed by atoms with Crippen molar-refractivity contribution in [3.63, 3.8) is 0 Å². The van der Waals surface area contributed by atoms with E-state index in [-0.39, 0.29) is 62.0 Å².